The van der Waals surface area contributed by atoms with Gasteiger partial charge in [0.05, 0.1) is 6.54 Å². The zero-order chi connectivity index (χ0) is 19.2. The highest BCUT2D eigenvalue weighted by Crippen LogP contribution is 2.24. The van der Waals surface area contributed by atoms with E-state index in [2.05, 4.69) is 10.2 Å². The van der Waals surface area contributed by atoms with Crippen LogP contribution in [0.5, 0.6) is 0 Å². The molecule has 1 aliphatic rings. The Kier molecular flexibility index (Phi) is 6.24. The predicted molar refractivity (Wildman–Crippen MR) is 108 cm³/mol. The molecule has 0 aromatic heterocycles. The number of nitrogens with zero attached hydrogens (tertiary/aromatic N) is 2. The van der Waals surface area contributed by atoms with Crippen molar-refractivity contribution in [2.24, 2.45) is 0 Å². The fourth-order valence-corrected chi connectivity index (χ4v) is 3.39. The van der Waals surface area contributed by atoms with Crippen LogP contribution in [-0.4, -0.2) is 60.4 Å². The minimum Gasteiger partial charge on any atom is -0.353 e. The Morgan fingerprint density at radius 1 is 0.926 bits per heavy atom. The summed E-state index contributed by atoms with van der Waals surface area (Å²) < 4.78 is 0. The van der Waals surface area contributed by atoms with E-state index in [1.54, 1.807) is 0 Å². The molecule has 27 heavy (non-hydrogen) atoms. The summed E-state index contributed by atoms with van der Waals surface area (Å²) in [5, 5.41) is 2.91. The quantitative estimate of drug-likeness (QED) is 0.886. The van der Waals surface area contributed by atoms with Gasteiger partial charge in [-0.1, -0.05) is 48.5 Å². The average Bonchev–Trinajstić information content (AvgIpc) is 2.68. The molecule has 0 bridgehead atoms. The van der Waals surface area contributed by atoms with Crippen LogP contribution in [0.4, 0.5) is 0 Å². The molecule has 0 atom stereocenters. The Hall–Kier alpha value is -2.66. The molecule has 1 fully saturated rings. The maximum Gasteiger partial charge on any atom is 0.254 e. The van der Waals surface area contributed by atoms with E-state index in [-0.39, 0.29) is 17.9 Å². The van der Waals surface area contributed by atoms with Crippen LogP contribution in [0.15, 0.2) is 54.6 Å². The Labute approximate surface area is 161 Å². The smallest absolute Gasteiger partial charge is 0.254 e. The van der Waals surface area contributed by atoms with Crippen LogP contribution < -0.4 is 5.32 Å². The van der Waals surface area contributed by atoms with E-state index in [1.165, 1.54) is 0 Å². The van der Waals surface area contributed by atoms with Crippen molar-refractivity contribution in [3.63, 3.8) is 0 Å². The summed E-state index contributed by atoms with van der Waals surface area (Å²) in [5.74, 6) is 0.0972. The largest absolute Gasteiger partial charge is 0.353 e. The van der Waals surface area contributed by atoms with Crippen LogP contribution in [0.3, 0.4) is 0 Å². The molecule has 1 aliphatic heterocycles. The van der Waals surface area contributed by atoms with E-state index in [9.17, 15) is 9.59 Å². The molecule has 1 saturated heterocycles. The monoisotopic (exact) mass is 365 g/mol. The van der Waals surface area contributed by atoms with E-state index >= 15 is 0 Å². The van der Waals surface area contributed by atoms with Crippen molar-refractivity contribution in [2.45, 2.75) is 19.9 Å². The van der Waals surface area contributed by atoms with E-state index in [4.69, 9.17) is 0 Å². The number of piperazine rings is 1. The molecule has 0 unspecified atom stereocenters. The molecule has 0 aliphatic carbocycles. The maximum atomic E-state index is 13.1. The topological polar surface area (TPSA) is 52.7 Å². The lowest BCUT2D eigenvalue weighted by Crippen LogP contribution is -2.51. The Balaban J connectivity index is 1.65. The lowest BCUT2D eigenvalue weighted by molar-refractivity contribution is -0.123. The van der Waals surface area contributed by atoms with Gasteiger partial charge in [0.15, 0.2) is 0 Å². The van der Waals surface area contributed by atoms with Crippen LogP contribution in [0.2, 0.25) is 0 Å². The zero-order valence-corrected chi connectivity index (χ0v) is 16.0. The molecule has 0 radical (unpaired) electrons. The second kappa shape index (κ2) is 8.82. The van der Waals surface area contributed by atoms with Crippen LogP contribution in [0.25, 0.3) is 11.1 Å². The van der Waals surface area contributed by atoms with Gasteiger partial charge in [-0.2, -0.15) is 0 Å². The van der Waals surface area contributed by atoms with Crippen molar-refractivity contribution in [2.75, 3.05) is 32.7 Å². The number of hydrogen-bond acceptors (Lipinski definition) is 3. The van der Waals surface area contributed by atoms with Gasteiger partial charge in [0.2, 0.25) is 5.91 Å². The summed E-state index contributed by atoms with van der Waals surface area (Å²) >= 11 is 0. The summed E-state index contributed by atoms with van der Waals surface area (Å²) in [4.78, 5) is 29.0. The summed E-state index contributed by atoms with van der Waals surface area (Å²) in [5.41, 5.74) is 2.74. The van der Waals surface area contributed by atoms with Gasteiger partial charge < -0.3 is 10.2 Å². The average molecular weight is 365 g/mol. The van der Waals surface area contributed by atoms with Gasteiger partial charge >= 0.3 is 0 Å². The first-order chi connectivity index (χ1) is 13.0. The predicted octanol–water partition coefficient (Wildman–Crippen LogP) is 2.64. The molecular formula is C22H27N3O2. The number of carbonyl (C=O) groups excluding carboxylic acids is 2. The van der Waals surface area contributed by atoms with Crippen LogP contribution in [-0.2, 0) is 4.79 Å². The van der Waals surface area contributed by atoms with E-state index in [0.29, 0.717) is 32.7 Å². The second-order valence-corrected chi connectivity index (χ2v) is 7.20. The number of nitrogens with one attached hydrogen (secondary N) is 1. The first kappa shape index (κ1) is 19.1. The summed E-state index contributed by atoms with van der Waals surface area (Å²) in [6, 6.07) is 17.9. The first-order valence-corrected chi connectivity index (χ1v) is 9.50. The lowest BCUT2D eigenvalue weighted by Gasteiger charge is -2.34. The summed E-state index contributed by atoms with van der Waals surface area (Å²) in [6.45, 7) is 7.00. The van der Waals surface area contributed by atoms with Crippen molar-refractivity contribution < 1.29 is 9.59 Å². The Morgan fingerprint density at radius 3 is 2.22 bits per heavy atom. The highest BCUT2D eigenvalue weighted by molar-refractivity contribution is 6.01. The number of carbonyl (C=O) groups is 2. The number of rotatable bonds is 5. The van der Waals surface area contributed by atoms with Gasteiger partial charge in [-0.15, -0.1) is 0 Å². The molecule has 3 rings (SSSR count). The first-order valence-electron chi connectivity index (χ1n) is 9.50. The number of benzene rings is 2. The highest BCUT2D eigenvalue weighted by atomic mass is 16.2. The van der Waals surface area contributed by atoms with Crippen molar-refractivity contribution in [3.8, 4) is 11.1 Å². The third-order valence-electron chi connectivity index (χ3n) is 4.72. The molecule has 2 amide bonds. The third kappa shape index (κ3) is 4.95. The normalized spacial score (nSPS) is 15.0. The minimum atomic E-state index is 0.0409. The molecule has 1 heterocycles. The number of amides is 2. The molecule has 5 heteroatoms. The zero-order valence-electron chi connectivity index (χ0n) is 16.0. The van der Waals surface area contributed by atoms with Gasteiger partial charge in [-0.05, 0) is 31.0 Å². The standard InChI is InChI=1S/C22H27N3O2/c1-17(2)23-21(26)16-24-12-14-25(15-13-24)22(27)20-11-7-6-10-19(20)18-8-4-3-5-9-18/h3-11,17H,12-16H2,1-2H3,(H,23,26). The summed E-state index contributed by atoms with van der Waals surface area (Å²) in [6.07, 6.45) is 0. The van der Waals surface area contributed by atoms with Crippen molar-refractivity contribution in [1.29, 1.82) is 0 Å². The van der Waals surface area contributed by atoms with Gasteiger partial charge in [0.25, 0.3) is 5.91 Å². The Morgan fingerprint density at radius 2 is 1.56 bits per heavy atom. The third-order valence-corrected chi connectivity index (χ3v) is 4.72. The van der Waals surface area contributed by atoms with E-state index in [1.807, 2.05) is 73.3 Å². The van der Waals surface area contributed by atoms with Gasteiger partial charge in [-0.3, -0.25) is 14.5 Å². The lowest BCUT2D eigenvalue weighted by atomic mass is 9.98. The SMILES string of the molecule is CC(C)NC(=O)CN1CCN(C(=O)c2ccccc2-c2ccccc2)CC1. The van der Waals surface area contributed by atoms with Crippen LogP contribution in [0, 0.1) is 0 Å². The molecule has 1 N–H and O–H groups in total. The molecule has 142 valence electrons. The fourth-order valence-electron chi connectivity index (χ4n) is 3.39. The van der Waals surface area contributed by atoms with E-state index < -0.39 is 0 Å². The Bertz CT molecular complexity index is 781. The van der Waals surface area contributed by atoms with Crippen molar-refractivity contribution in [3.05, 3.63) is 60.2 Å². The van der Waals surface area contributed by atoms with E-state index in [0.717, 1.165) is 16.7 Å². The second-order valence-electron chi connectivity index (χ2n) is 7.20. The molecule has 2 aromatic rings. The fraction of sp³-hybridized carbons (Fsp3) is 0.364. The highest BCUT2D eigenvalue weighted by Gasteiger charge is 2.24. The maximum absolute atomic E-state index is 13.1. The van der Waals surface area contributed by atoms with Gasteiger partial charge in [0, 0.05) is 37.8 Å². The van der Waals surface area contributed by atoms with Crippen molar-refractivity contribution >= 4 is 11.8 Å². The minimum absolute atomic E-state index is 0.0409. The molecule has 2 aromatic carbocycles. The van der Waals surface area contributed by atoms with Gasteiger partial charge in [0.1, 0.15) is 0 Å². The van der Waals surface area contributed by atoms with Gasteiger partial charge in [-0.25, -0.2) is 0 Å². The van der Waals surface area contributed by atoms with Crippen LogP contribution in [0.1, 0.15) is 24.2 Å². The van der Waals surface area contributed by atoms with Crippen molar-refractivity contribution in [1.82, 2.24) is 15.1 Å². The summed E-state index contributed by atoms with van der Waals surface area (Å²) in [7, 11) is 0. The molecule has 5 nitrogen and oxygen atoms in total. The molecular weight excluding hydrogens is 338 g/mol. The molecule has 0 spiro atoms. The molecule has 0 saturated carbocycles. The number of hydrogen-bond donors (Lipinski definition) is 1. The van der Waals surface area contributed by atoms with Crippen LogP contribution >= 0.6 is 0 Å².